The number of aromatic nitrogens is 2. The Morgan fingerprint density at radius 3 is 2.75 bits per heavy atom. The van der Waals surface area contributed by atoms with Crippen molar-refractivity contribution >= 4 is 0 Å². The van der Waals surface area contributed by atoms with Gasteiger partial charge in [0, 0.05) is 11.3 Å². The van der Waals surface area contributed by atoms with Crippen LogP contribution in [0.3, 0.4) is 0 Å². The van der Waals surface area contributed by atoms with E-state index in [9.17, 15) is 5.11 Å². The first-order chi connectivity index (χ1) is 11.4. The van der Waals surface area contributed by atoms with Gasteiger partial charge in [0.05, 0.1) is 11.8 Å². The largest absolute Gasteiger partial charge is 0.393 e. The van der Waals surface area contributed by atoms with Crippen LogP contribution in [0.4, 0.5) is 0 Å². The summed E-state index contributed by atoms with van der Waals surface area (Å²) in [5.74, 6) is 2.35. The molecule has 2 fully saturated rings. The minimum atomic E-state index is -0.103. The lowest BCUT2D eigenvalue weighted by atomic mass is 9.47. The van der Waals surface area contributed by atoms with Crippen molar-refractivity contribution in [1.82, 2.24) is 10.2 Å². The summed E-state index contributed by atoms with van der Waals surface area (Å²) in [4.78, 5) is 0. The van der Waals surface area contributed by atoms with Crippen molar-refractivity contribution in [3.63, 3.8) is 0 Å². The van der Waals surface area contributed by atoms with Crippen LogP contribution >= 0.6 is 0 Å². The van der Waals surface area contributed by atoms with Crippen molar-refractivity contribution in [1.29, 1.82) is 0 Å². The average Bonchev–Trinajstić information content (AvgIpc) is 3.06. The smallest absolute Gasteiger partial charge is 0.0665 e. The zero-order valence-corrected chi connectivity index (χ0v) is 15.2. The molecule has 1 heterocycles. The van der Waals surface area contributed by atoms with Crippen LogP contribution in [-0.2, 0) is 11.8 Å². The van der Waals surface area contributed by atoms with Gasteiger partial charge in [0.2, 0.25) is 0 Å². The Morgan fingerprint density at radius 1 is 1.12 bits per heavy atom. The molecular weight excluding hydrogens is 296 g/mol. The van der Waals surface area contributed by atoms with Gasteiger partial charge in [-0.15, -0.1) is 0 Å². The summed E-state index contributed by atoms with van der Waals surface area (Å²) < 4.78 is 0. The summed E-state index contributed by atoms with van der Waals surface area (Å²) in [6.45, 7) is 7.21. The molecule has 0 aliphatic heterocycles. The third-order valence-electron chi connectivity index (χ3n) is 8.47. The molecule has 1 aromatic heterocycles. The molecule has 0 amide bonds. The van der Waals surface area contributed by atoms with E-state index in [0.29, 0.717) is 10.8 Å². The van der Waals surface area contributed by atoms with Gasteiger partial charge < -0.3 is 5.11 Å². The molecule has 3 heteroatoms. The molecule has 0 aromatic carbocycles. The van der Waals surface area contributed by atoms with E-state index in [-0.39, 0.29) is 6.10 Å². The number of fused-ring (bicyclic) bond motifs is 7. The second-order valence-electron chi connectivity index (χ2n) is 9.49. The van der Waals surface area contributed by atoms with E-state index in [1.807, 2.05) is 0 Å². The monoisotopic (exact) mass is 326 g/mol. The van der Waals surface area contributed by atoms with Crippen molar-refractivity contribution in [2.45, 2.75) is 77.2 Å². The maximum atomic E-state index is 10.1. The standard InChI is InChI=1S/C21H30N2O/c1-12-19-18(23-22-12)11-17-15-5-4-13-10-14(24)6-8-20(13,2)16(15)7-9-21(17,19)3/h4,14-17,24H,5-11H2,1-3H3,(H,22,23)/t14-,15-,16+,17-,20-,21-/m0/s1. The molecule has 3 nitrogen and oxygen atoms in total. The van der Waals surface area contributed by atoms with E-state index in [2.05, 4.69) is 37.0 Å². The van der Waals surface area contributed by atoms with Gasteiger partial charge in [-0.05, 0) is 80.5 Å². The third-order valence-corrected chi connectivity index (χ3v) is 8.47. The van der Waals surface area contributed by atoms with Gasteiger partial charge in [-0.2, -0.15) is 5.10 Å². The Balaban J connectivity index is 1.54. The number of hydrogen-bond acceptors (Lipinski definition) is 2. The third kappa shape index (κ3) is 1.75. The fourth-order valence-electron chi connectivity index (χ4n) is 7.24. The fourth-order valence-corrected chi connectivity index (χ4v) is 7.24. The maximum absolute atomic E-state index is 10.1. The lowest BCUT2D eigenvalue weighted by Gasteiger charge is -2.57. The van der Waals surface area contributed by atoms with Gasteiger partial charge >= 0.3 is 0 Å². The first kappa shape index (κ1) is 15.2. The van der Waals surface area contributed by atoms with Crippen LogP contribution in [0, 0.1) is 30.1 Å². The average molecular weight is 326 g/mol. The first-order valence-corrected chi connectivity index (χ1v) is 9.85. The minimum Gasteiger partial charge on any atom is -0.393 e. The molecule has 0 saturated heterocycles. The van der Waals surface area contributed by atoms with Crippen molar-refractivity contribution in [3.05, 3.63) is 28.6 Å². The van der Waals surface area contributed by atoms with E-state index in [1.54, 1.807) is 11.1 Å². The number of rotatable bonds is 0. The summed E-state index contributed by atoms with van der Waals surface area (Å²) in [6.07, 6.45) is 10.5. The second kappa shape index (κ2) is 4.75. The molecule has 4 aliphatic carbocycles. The maximum Gasteiger partial charge on any atom is 0.0665 e. The Hall–Kier alpha value is -1.09. The molecule has 0 radical (unpaired) electrons. The predicted octanol–water partition coefficient (Wildman–Crippen LogP) is 4.06. The molecule has 0 unspecified atom stereocenters. The molecule has 2 saturated carbocycles. The number of allylic oxidation sites excluding steroid dienone is 1. The van der Waals surface area contributed by atoms with Gasteiger partial charge in [0.1, 0.15) is 0 Å². The molecule has 130 valence electrons. The summed E-state index contributed by atoms with van der Waals surface area (Å²) in [5, 5.41) is 18.0. The zero-order chi connectivity index (χ0) is 16.7. The second-order valence-corrected chi connectivity index (χ2v) is 9.49. The lowest BCUT2D eigenvalue weighted by Crippen LogP contribution is -2.51. The van der Waals surface area contributed by atoms with Crippen LogP contribution in [0.1, 0.15) is 69.3 Å². The summed E-state index contributed by atoms with van der Waals surface area (Å²) in [6, 6.07) is 0. The SMILES string of the molecule is Cc1[nH]nc2c1[C@@]1(C)CC[C@@H]3[C@H](CC=C4C[C@@H](O)CC[C@@]43C)[C@@H]1C2. The number of aryl methyl sites for hydroxylation is 1. The van der Waals surface area contributed by atoms with Gasteiger partial charge in [-0.3, -0.25) is 5.10 Å². The molecule has 6 atom stereocenters. The Morgan fingerprint density at radius 2 is 1.92 bits per heavy atom. The van der Waals surface area contributed by atoms with E-state index in [1.165, 1.54) is 43.5 Å². The summed E-state index contributed by atoms with van der Waals surface area (Å²) in [7, 11) is 0. The van der Waals surface area contributed by atoms with Crippen LogP contribution in [0.15, 0.2) is 11.6 Å². The van der Waals surface area contributed by atoms with Crippen LogP contribution in [0.5, 0.6) is 0 Å². The Kier molecular flexibility index (Phi) is 3.01. The highest BCUT2D eigenvalue weighted by atomic mass is 16.3. The number of aliphatic hydroxyl groups excluding tert-OH is 1. The topological polar surface area (TPSA) is 48.9 Å². The quantitative estimate of drug-likeness (QED) is 0.707. The molecule has 0 bridgehead atoms. The number of nitrogens with one attached hydrogen (secondary N) is 1. The first-order valence-electron chi connectivity index (χ1n) is 9.85. The number of H-pyrrole nitrogens is 1. The number of aromatic amines is 1. The molecular formula is C21H30N2O. The van der Waals surface area contributed by atoms with Gasteiger partial charge in [-0.1, -0.05) is 25.5 Å². The summed E-state index contributed by atoms with van der Waals surface area (Å²) in [5.41, 5.74) is 6.42. The lowest BCUT2D eigenvalue weighted by molar-refractivity contribution is -0.0166. The predicted molar refractivity (Wildman–Crippen MR) is 94.7 cm³/mol. The highest BCUT2D eigenvalue weighted by molar-refractivity contribution is 5.41. The Labute approximate surface area is 144 Å². The molecule has 0 spiro atoms. The van der Waals surface area contributed by atoms with Crippen molar-refractivity contribution in [3.8, 4) is 0 Å². The van der Waals surface area contributed by atoms with Gasteiger partial charge in [-0.25, -0.2) is 0 Å². The zero-order valence-electron chi connectivity index (χ0n) is 15.2. The molecule has 2 N–H and O–H groups in total. The minimum absolute atomic E-state index is 0.103. The van der Waals surface area contributed by atoms with Crippen LogP contribution in [0.2, 0.25) is 0 Å². The number of aliphatic hydroxyl groups is 1. The van der Waals surface area contributed by atoms with Crippen molar-refractivity contribution < 1.29 is 5.11 Å². The van der Waals surface area contributed by atoms with E-state index < -0.39 is 0 Å². The van der Waals surface area contributed by atoms with Crippen molar-refractivity contribution in [2.75, 3.05) is 0 Å². The van der Waals surface area contributed by atoms with E-state index in [0.717, 1.165) is 30.6 Å². The van der Waals surface area contributed by atoms with E-state index >= 15 is 0 Å². The van der Waals surface area contributed by atoms with Crippen LogP contribution < -0.4 is 0 Å². The highest BCUT2D eigenvalue weighted by Gasteiger charge is 2.58. The molecule has 4 aliphatic rings. The van der Waals surface area contributed by atoms with Crippen molar-refractivity contribution in [2.24, 2.45) is 23.2 Å². The fraction of sp³-hybridized carbons (Fsp3) is 0.762. The van der Waals surface area contributed by atoms with E-state index in [4.69, 9.17) is 0 Å². The van der Waals surface area contributed by atoms with Gasteiger partial charge in [0.15, 0.2) is 0 Å². The highest BCUT2D eigenvalue weighted by Crippen LogP contribution is 2.64. The summed E-state index contributed by atoms with van der Waals surface area (Å²) >= 11 is 0. The molecule has 1 aromatic rings. The number of hydrogen-bond donors (Lipinski definition) is 2. The van der Waals surface area contributed by atoms with Crippen LogP contribution in [-0.4, -0.2) is 21.4 Å². The number of nitrogens with zero attached hydrogens (tertiary/aromatic N) is 1. The molecule has 24 heavy (non-hydrogen) atoms. The normalized spacial score (nSPS) is 46.6. The molecule has 5 rings (SSSR count). The van der Waals surface area contributed by atoms with Crippen LogP contribution in [0.25, 0.3) is 0 Å². The van der Waals surface area contributed by atoms with Gasteiger partial charge in [0.25, 0.3) is 0 Å². The Bertz CT molecular complexity index is 719.